The van der Waals surface area contributed by atoms with E-state index in [0.717, 1.165) is 25.7 Å². The maximum atomic E-state index is 13.1. The molecule has 3 nitrogen and oxygen atoms in total. The zero-order valence-electron chi connectivity index (χ0n) is 26.8. The van der Waals surface area contributed by atoms with Crippen LogP contribution < -0.4 is 4.74 Å². The molecule has 150 valence electrons. The van der Waals surface area contributed by atoms with Crippen LogP contribution in [0.25, 0.3) is 0 Å². The van der Waals surface area contributed by atoms with Crippen LogP contribution in [0.1, 0.15) is 117 Å². The van der Waals surface area contributed by atoms with E-state index in [0.29, 0.717) is 6.42 Å². The number of hydrogen-bond acceptors (Lipinski definition) is 3. The van der Waals surface area contributed by atoms with Gasteiger partial charge >= 0.3 is 0 Å². The van der Waals surface area contributed by atoms with E-state index >= 15 is 0 Å². The number of unbranched alkanes of at least 4 members (excludes halogenated alkanes) is 3. The van der Waals surface area contributed by atoms with Crippen LogP contribution in [0.3, 0.4) is 0 Å². The summed E-state index contributed by atoms with van der Waals surface area (Å²) in [6, 6.07) is -0.989. The number of ether oxygens (including phenoxy) is 1. The van der Waals surface area contributed by atoms with Crippen molar-refractivity contribution in [3.05, 3.63) is 23.2 Å². The van der Waals surface area contributed by atoms with Crippen LogP contribution >= 0.6 is 0 Å². The van der Waals surface area contributed by atoms with Gasteiger partial charge in [-0.1, -0.05) is 46.5 Å². The van der Waals surface area contributed by atoms with Crippen molar-refractivity contribution in [2.75, 3.05) is 0 Å². The minimum absolute atomic E-state index is 0.0955. The van der Waals surface area contributed by atoms with Gasteiger partial charge in [-0.25, -0.2) is 0 Å². The van der Waals surface area contributed by atoms with Crippen molar-refractivity contribution in [1.29, 1.82) is 0 Å². The van der Waals surface area contributed by atoms with Gasteiger partial charge in [0, 0.05) is 41.1 Å². The number of fused-ring (bicyclic) bond motifs is 3. The predicted molar refractivity (Wildman–Crippen MR) is 110 cm³/mol. The van der Waals surface area contributed by atoms with Crippen LogP contribution in [-0.2, 0) is 10.2 Å². The van der Waals surface area contributed by atoms with Crippen molar-refractivity contribution >= 4 is 5.78 Å². The summed E-state index contributed by atoms with van der Waals surface area (Å²) in [4.78, 5) is 13.1. The van der Waals surface area contributed by atoms with E-state index in [-0.39, 0.29) is 5.56 Å². The van der Waals surface area contributed by atoms with E-state index in [1.165, 1.54) is 13.8 Å². The number of hydrogen-bond donors (Lipinski definition) is 1. The van der Waals surface area contributed by atoms with Gasteiger partial charge in [-0.15, -0.1) is 0 Å². The highest BCUT2D eigenvalue weighted by Crippen LogP contribution is 2.54. The second kappa shape index (κ2) is 7.48. The monoisotopic (exact) mass is 382 g/mol. The number of phenols is 1. The number of rotatable bonds is 6. The van der Waals surface area contributed by atoms with Gasteiger partial charge < -0.3 is 9.84 Å². The smallest absolute Gasteiger partial charge is 0.133 e. The standard InChI is InChI=1S/C24H36O3/c1-6-7-8-9-12-23(2,3)16-13-20(26)22-18-15-17(25)10-11-19(18)24(4,5)27-21(22)14-16/h13-14,18-19,26H,6-12,15H2,1-5H3/t18-,19-/m1/s1/i10D2,11D2,13D,14D,15D2,18D,19D. The molecule has 0 saturated heterocycles. The molecule has 1 aromatic carbocycles. The molecule has 3 rings (SSSR count). The maximum absolute atomic E-state index is 13.1. The van der Waals surface area contributed by atoms with E-state index in [1.54, 1.807) is 13.8 Å². The summed E-state index contributed by atoms with van der Waals surface area (Å²) >= 11 is 0. The maximum Gasteiger partial charge on any atom is 0.133 e. The molecule has 1 fully saturated rings. The van der Waals surface area contributed by atoms with Gasteiger partial charge in [-0.3, -0.25) is 4.79 Å². The van der Waals surface area contributed by atoms with Crippen LogP contribution in [0.2, 0.25) is 0 Å². The number of ketones is 1. The van der Waals surface area contributed by atoms with Crippen LogP contribution in [0.4, 0.5) is 0 Å². The van der Waals surface area contributed by atoms with Gasteiger partial charge in [0.15, 0.2) is 0 Å². The van der Waals surface area contributed by atoms with Gasteiger partial charge in [0.25, 0.3) is 0 Å². The SMILES string of the molecule is [2H]c1c(O)c2c(c([2H])c1C(C)(C)CCCCCC)OC(C)(C)[C@]1([2H])C([2H])([2H])C([2H])([2H])C(=O)C([2H])([2H])[C@@]21[2H]. The molecule has 1 aliphatic carbocycles. The van der Waals surface area contributed by atoms with Crippen LogP contribution in [0, 0.1) is 5.89 Å². The lowest BCUT2D eigenvalue weighted by Crippen LogP contribution is -2.47. The molecule has 0 radical (unpaired) electrons. The van der Waals surface area contributed by atoms with Crippen molar-refractivity contribution in [1.82, 2.24) is 0 Å². The molecule has 2 aliphatic rings. The third-order valence-electron chi connectivity index (χ3n) is 5.28. The Hall–Kier alpha value is -1.51. The highest BCUT2D eigenvalue weighted by molar-refractivity contribution is 5.81. The number of aromatic hydroxyl groups is 1. The topological polar surface area (TPSA) is 46.5 Å². The molecule has 0 spiro atoms. The lowest BCUT2D eigenvalue weighted by atomic mass is 9.66. The van der Waals surface area contributed by atoms with Gasteiger partial charge in [0.05, 0.1) is 2.74 Å². The molecule has 0 bridgehead atoms. The molecular formula is C24H36O3. The van der Waals surface area contributed by atoms with Crippen molar-refractivity contribution in [3.8, 4) is 11.5 Å². The fraction of sp³-hybridized carbons (Fsp3) is 0.708. The second-order valence-electron chi connectivity index (χ2n) is 8.44. The largest absolute Gasteiger partial charge is 0.508 e. The zero-order chi connectivity index (χ0) is 28.8. The average Bonchev–Trinajstić information content (AvgIpc) is 2.76. The Labute approximate surface area is 178 Å². The first kappa shape index (κ1) is 10.9. The van der Waals surface area contributed by atoms with Crippen molar-refractivity contribution in [2.24, 2.45) is 5.89 Å². The third kappa shape index (κ3) is 4.02. The number of carbonyl (C=O) groups is 1. The summed E-state index contributed by atoms with van der Waals surface area (Å²) in [5.74, 6) is -9.75. The van der Waals surface area contributed by atoms with Gasteiger partial charge in [-0.05, 0) is 49.7 Å². The summed E-state index contributed by atoms with van der Waals surface area (Å²) in [6.07, 6.45) is -6.19. The Kier molecular flexibility index (Phi) is 3.02. The summed E-state index contributed by atoms with van der Waals surface area (Å²) in [5.41, 5.74) is -3.69. The number of phenolic OH excluding ortho intramolecular Hbond substituents is 1. The second-order valence-corrected chi connectivity index (χ2v) is 8.44. The molecule has 0 amide bonds. The normalized spacial score (nSPS) is 40.6. The molecule has 0 unspecified atom stereocenters. The quantitative estimate of drug-likeness (QED) is 0.590. The molecule has 1 saturated carbocycles. The molecule has 1 aliphatic heterocycles. The Morgan fingerprint density at radius 3 is 2.81 bits per heavy atom. The van der Waals surface area contributed by atoms with E-state index in [2.05, 4.69) is 6.92 Å². The zero-order valence-corrected chi connectivity index (χ0v) is 16.8. The van der Waals surface area contributed by atoms with Gasteiger partial charge in [0.1, 0.15) is 22.9 Å². The van der Waals surface area contributed by atoms with E-state index in [4.69, 9.17) is 15.7 Å². The molecular weight excluding hydrogens is 336 g/mol. The average molecular weight is 383 g/mol. The summed E-state index contributed by atoms with van der Waals surface area (Å²) in [7, 11) is 0. The van der Waals surface area contributed by atoms with Crippen LogP contribution in [-0.4, -0.2) is 16.5 Å². The summed E-state index contributed by atoms with van der Waals surface area (Å²) < 4.78 is 92.6. The fourth-order valence-corrected chi connectivity index (χ4v) is 3.60. The Morgan fingerprint density at radius 2 is 2.11 bits per heavy atom. The van der Waals surface area contributed by atoms with Gasteiger partial charge in [-0.2, -0.15) is 0 Å². The summed E-state index contributed by atoms with van der Waals surface area (Å²) in [6.45, 7) is 8.04. The van der Waals surface area contributed by atoms with Crippen LogP contribution in [0.5, 0.6) is 11.5 Å². The number of carbonyl (C=O) groups excluding carboxylic acids is 1. The number of benzene rings is 1. The van der Waals surface area contributed by atoms with Crippen molar-refractivity contribution < 1.29 is 28.3 Å². The van der Waals surface area contributed by atoms with Crippen LogP contribution in [0.15, 0.2) is 12.1 Å². The first-order chi connectivity index (χ1) is 16.5. The molecule has 3 heteroatoms. The third-order valence-corrected chi connectivity index (χ3v) is 5.28. The molecule has 1 N–H and O–H groups in total. The highest BCUT2D eigenvalue weighted by Gasteiger charge is 2.47. The molecule has 0 aromatic heterocycles. The number of Topliss-reactive ketones (excluding diaryl/α,β-unsaturated/α-hetero) is 1. The van der Waals surface area contributed by atoms with Crippen molar-refractivity contribution in [3.63, 3.8) is 0 Å². The Morgan fingerprint density at radius 1 is 1.37 bits per heavy atom. The van der Waals surface area contributed by atoms with E-state index < -0.39 is 76.9 Å². The first-order valence-corrected chi connectivity index (χ1v) is 9.65. The van der Waals surface area contributed by atoms with Crippen molar-refractivity contribution in [2.45, 2.75) is 103 Å². The minimum atomic E-state index is -3.52. The molecule has 1 heterocycles. The predicted octanol–water partition coefficient (Wildman–Crippen LogP) is 6.26. The Balaban J connectivity index is 2.42. The summed E-state index contributed by atoms with van der Waals surface area (Å²) in [5, 5.41) is 11.3. The van der Waals surface area contributed by atoms with E-state index in [9.17, 15) is 12.6 Å². The molecule has 27 heavy (non-hydrogen) atoms. The highest BCUT2D eigenvalue weighted by atomic mass is 16.5. The first-order valence-electron chi connectivity index (χ1n) is 14.6. The Bertz CT molecular complexity index is 1130. The molecule has 2 atom stereocenters. The lowest BCUT2D eigenvalue weighted by Gasteiger charge is -2.47. The lowest BCUT2D eigenvalue weighted by molar-refractivity contribution is -0.124. The van der Waals surface area contributed by atoms with Gasteiger partial charge in [0.2, 0.25) is 0 Å². The fourth-order valence-electron chi connectivity index (χ4n) is 3.60. The van der Waals surface area contributed by atoms with E-state index in [1.807, 2.05) is 0 Å². The molecule has 1 aromatic rings. The minimum Gasteiger partial charge on any atom is -0.508 e.